The van der Waals surface area contributed by atoms with Crippen molar-refractivity contribution in [2.75, 3.05) is 0 Å². The molecule has 2 aliphatic rings. The van der Waals surface area contributed by atoms with Crippen molar-refractivity contribution in [3.8, 4) is 0 Å². The summed E-state index contributed by atoms with van der Waals surface area (Å²) in [6.45, 7) is 2.45. The molecule has 0 nitrogen and oxygen atoms in total. The van der Waals surface area contributed by atoms with Crippen LogP contribution in [0.5, 0.6) is 0 Å². The third kappa shape index (κ3) is 4.15. The van der Waals surface area contributed by atoms with E-state index in [9.17, 15) is 0 Å². The van der Waals surface area contributed by atoms with Crippen LogP contribution in [-0.2, 0) is 0 Å². The zero-order valence-corrected chi connectivity index (χ0v) is 12.9. The fourth-order valence-corrected chi connectivity index (χ4v) is 7.23. The van der Waals surface area contributed by atoms with Crippen LogP contribution in [0, 0.1) is 0 Å². The van der Waals surface area contributed by atoms with Crippen molar-refractivity contribution in [2.24, 2.45) is 0 Å². The van der Waals surface area contributed by atoms with Gasteiger partial charge in [0, 0.05) is 0 Å². The topological polar surface area (TPSA) is 0 Å². The van der Waals surface area contributed by atoms with Gasteiger partial charge in [0.25, 0.3) is 14.1 Å². The van der Waals surface area contributed by atoms with E-state index in [1.165, 1.54) is 75.9 Å². The van der Waals surface area contributed by atoms with E-state index in [0.29, 0.717) is 0 Å². The summed E-state index contributed by atoms with van der Waals surface area (Å²) in [5, 5.41) is 3.14. The van der Waals surface area contributed by atoms with E-state index in [1.807, 2.05) is 10.0 Å². The normalized spacial score (nSPS) is 24.2. The lowest BCUT2D eigenvalue weighted by atomic mass is 9.99. The Balaban J connectivity index is 1.96. The smallest absolute Gasteiger partial charge is 0.131 e. The van der Waals surface area contributed by atoms with Crippen LogP contribution in [0.1, 0.15) is 77.6 Å². The molecule has 0 aromatic heterocycles. The van der Waals surface area contributed by atoms with Crippen molar-refractivity contribution in [2.45, 2.75) is 88.1 Å². The second kappa shape index (κ2) is 7.65. The van der Waals surface area contributed by atoms with E-state index in [1.54, 1.807) is 5.28 Å². The van der Waals surface area contributed by atoms with Crippen molar-refractivity contribution in [3.63, 3.8) is 0 Å². The van der Waals surface area contributed by atoms with Gasteiger partial charge in [-0.25, -0.2) is 0 Å². The average molecular weight is 248 g/mol. The highest BCUT2D eigenvalue weighted by Gasteiger charge is 2.28. The number of hydrogen-bond acceptors (Lipinski definition) is 0. The molecule has 0 N–H and O–H groups in total. The molecule has 2 rings (SSSR count). The van der Waals surface area contributed by atoms with Crippen LogP contribution in [0.2, 0.25) is 10.6 Å². The summed E-state index contributed by atoms with van der Waals surface area (Å²) >= 11 is -0.430. The molecule has 0 fully saturated rings. The molecule has 0 aromatic carbocycles. The highest BCUT2D eigenvalue weighted by atomic mass is 27.2. The summed E-state index contributed by atoms with van der Waals surface area (Å²) in [4.78, 5) is 0. The summed E-state index contributed by atoms with van der Waals surface area (Å²) in [7, 11) is 0. The first kappa shape index (κ1) is 13.7. The molecule has 0 aromatic rings. The van der Waals surface area contributed by atoms with E-state index >= 15 is 0 Å². The van der Waals surface area contributed by atoms with Gasteiger partial charge in [0.2, 0.25) is 0 Å². The molecule has 0 radical (unpaired) electrons. The fraction of sp³-hybridized carbons (Fsp3) is 0.875. The third-order valence-electron chi connectivity index (χ3n) is 4.91. The lowest BCUT2D eigenvalue weighted by molar-refractivity contribution is 0.560. The molecule has 0 spiro atoms. The van der Waals surface area contributed by atoms with Crippen molar-refractivity contribution in [1.82, 2.24) is 0 Å². The maximum Gasteiger partial charge on any atom is 0.299 e. The zero-order chi connectivity index (χ0) is 11.9. The second-order valence-electron chi connectivity index (χ2n) is 6.10. The third-order valence-corrected chi connectivity index (χ3v) is 8.56. The van der Waals surface area contributed by atoms with Gasteiger partial charge in [-0.2, -0.15) is 0 Å². The first-order valence-corrected chi connectivity index (χ1v) is 10.3. The Bertz CT molecular complexity index is 254. The Kier molecular flexibility index (Phi) is 6.17. The maximum atomic E-state index is 2.45. The average Bonchev–Trinajstić information content (AvgIpc) is 2.71. The van der Waals surface area contributed by atoms with E-state index in [4.69, 9.17) is 0 Å². The molecule has 1 aliphatic heterocycles. The predicted molar refractivity (Wildman–Crippen MR) is 78.9 cm³/mol. The van der Waals surface area contributed by atoms with Crippen LogP contribution in [0.25, 0.3) is 0 Å². The van der Waals surface area contributed by atoms with Gasteiger partial charge in [-0.05, 0) is 25.7 Å². The molecular weight excluding hydrogens is 219 g/mol. The molecule has 0 amide bonds. The van der Waals surface area contributed by atoms with Crippen molar-refractivity contribution in [3.05, 3.63) is 10.0 Å². The van der Waals surface area contributed by atoms with E-state index in [0.717, 1.165) is 0 Å². The molecule has 0 saturated carbocycles. The Morgan fingerprint density at radius 1 is 0.765 bits per heavy atom. The summed E-state index contributed by atoms with van der Waals surface area (Å²) in [5.74, 6) is 0. The van der Waals surface area contributed by atoms with Gasteiger partial charge in [0.1, 0.15) is 0 Å². The molecule has 0 bridgehead atoms. The molecule has 1 aliphatic carbocycles. The van der Waals surface area contributed by atoms with Crippen molar-refractivity contribution < 1.29 is 0 Å². The van der Waals surface area contributed by atoms with E-state index < -0.39 is 14.1 Å². The molecule has 1 heteroatoms. The number of allylic oxidation sites excluding steroid dienone is 2. The molecule has 17 heavy (non-hydrogen) atoms. The first-order valence-electron chi connectivity index (χ1n) is 8.12. The summed E-state index contributed by atoms with van der Waals surface area (Å²) in [6, 6.07) is 0. The minimum Gasteiger partial charge on any atom is -0.131 e. The van der Waals surface area contributed by atoms with Crippen molar-refractivity contribution >= 4 is 14.1 Å². The van der Waals surface area contributed by atoms with E-state index in [-0.39, 0.29) is 0 Å². The second-order valence-corrected chi connectivity index (χ2v) is 9.59. The van der Waals surface area contributed by atoms with Crippen LogP contribution in [0.15, 0.2) is 10.0 Å². The van der Waals surface area contributed by atoms with Gasteiger partial charge in [-0.3, -0.25) is 0 Å². The highest BCUT2D eigenvalue weighted by Crippen LogP contribution is 2.35. The molecule has 0 saturated heterocycles. The molecule has 0 unspecified atom stereocenters. The van der Waals surface area contributed by atoms with Gasteiger partial charge in [0.15, 0.2) is 0 Å². The van der Waals surface area contributed by atoms with Crippen LogP contribution in [-0.4, -0.2) is 14.1 Å². The number of rotatable bonds is 1. The van der Waals surface area contributed by atoms with E-state index in [2.05, 4.69) is 6.92 Å². The standard InChI is InChI=1S/C14H24.C2H5.Al/c1-2-14-12-10-8-6-4-3-5-7-9-11-13-14;1-2;/h1-12H2;1H2,2H3;. The summed E-state index contributed by atoms with van der Waals surface area (Å²) < 4.78 is 2.05. The minimum absolute atomic E-state index is 0.430. The van der Waals surface area contributed by atoms with Crippen LogP contribution in [0.3, 0.4) is 0 Å². The SMILES string of the molecule is C[CH2][Al]1[CH2]CC2=[C]1CCCCCCCCCC2. The fourth-order valence-electron chi connectivity index (χ4n) is 3.80. The quantitative estimate of drug-likeness (QED) is 0.526. The summed E-state index contributed by atoms with van der Waals surface area (Å²) in [5.41, 5.74) is 1.95. The molecular formula is C16H29Al. The summed E-state index contributed by atoms with van der Waals surface area (Å²) in [6.07, 6.45) is 16.5. The highest BCUT2D eigenvalue weighted by molar-refractivity contribution is 6.67. The largest absolute Gasteiger partial charge is 0.299 e. The Labute approximate surface area is 112 Å². The minimum atomic E-state index is -0.430. The number of hydrogen-bond donors (Lipinski definition) is 0. The lowest BCUT2D eigenvalue weighted by Crippen LogP contribution is -2.10. The first-order chi connectivity index (χ1) is 8.42. The molecule has 96 valence electrons. The van der Waals surface area contributed by atoms with Gasteiger partial charge in [-0.1, -0.05) is 68.0 Å². The Morgan fingerprint density at radius 2 is 1.35 bits per heavy atom. The monoisotopic (exact) mass is 248 g/mol. The predicted octanol–water partition coefficient (Wildman–Crippen LogP) is 5.66. The van der Waals surface area contributed by atoms with Gasteiger partial charge in [-0.15, -0.1) is 4.44 Å². The molecule has 0 atom stereocenters. The van der Waals surface area contributed by atoms with Gasteiger partial charge >= 0.3 is 0 Å². The van der Waals surface area contributed by atoms with Gasteiger partial charge in [0.05, 0.1) is 0 Å². The Morgan fingerprint density at radius 3 is 2.00 bits per heavy atom. The lowest BCUT2D eigenvalue weighted by Gasteiger charge is -2.13. The maximum absolute atomic E-state index is 2.45. The van der Waals surface area contributed by atoms with Crippen LogP contribution in [0.4, 0.5) is 0 Å². The van der Waals surface area contributed by atoms with Crippen LogP contribution >= 0.6 is 0 Å². The van der Waals surface area contributed by atoms with Crippen molar-refractivity contribution in [1.29, 1.82) is 0 Å². The van der Waals surface area contributed by atoms with Gasteiger partial charge < -0.3 is 0 Å². The zero-order valence-electron chi connectivity index (χ0n) is 11.8. The molecule has 1 heterocycles. The van der Waals surface area contributed by atoms with Crippen LogP contribution < -0.4 is 0 Å². The Hall–Kier alpha value is 0.272.